The lowest BCUT2D eigenvalue weighted by molar-refractivity contribution is 0.0602. The van der Waals surface area contributed by atoms with Crippen molar-refractivity contribution in [1.29, 1.82) is 0 Å². The minimum Gasteiger partial charge on any atom is -0.296 e. The first-order valence-corrected chi connectivity index (χ1v) is 8.06. The first-order chi connectivity index (χ1) is 10.1. The van der Waals surface area contributed by atoms with Gasteiger partial charge in [-0.15, -0.1) is 0 Å². The Morgan fingerprint density at radius 1 is 1.29 bits per heavy atom. The summed E-state index contributed by atoms with van der Waals surface area (Å²) < 4.78 is 14.4. The van der Waals surface area contributed by atoms with Crippen molar-refractivity contribution in [2.24, 2.45) is 5.84 Å². The lowest BCUT2D eigenvalue weighted by Crippen LogP contribution is -2.56. The van der Waals surface area contributed by atoms with Crippen molar-refractivity contribution in [3.63, 3.8) is 0 Å². The molecule has 3 nitrogen and oxygen atoms in total. The van der Waals surface area contributed by atoms with E-state index in [1.54, 1.807) is 6.07 Å². The molecule has 0 radical (unpaired) electrons. The number of likely N-dealkylation sites (tertiary alicyclic amines) is 1. The van der Waals surface area contributed by atoms with Gasteiger partial charge >= 0.3 is 0 Å². The second-order valence-electron chi connectivity index (χ2n) is 6.13. The van der Waals surface area contributed by atoms with Gasteiger partial charge in [0.2, 0.25) is 0 Å². The van der Waals surface area contributed by atoms with Gasteiger partial charge in [0.1, 0.15) is 5.82 Å². The Morgan fingerprint density at radius 2 is 1.90 bits per heavy atom. The summed E-state index contributed by atoms with van der Waals surface area (Å²) in [6.45, 7) is 8.51. The topological polar surface area (TPSA) is 41.3 Å². The van der Waals surface area contributed by atoms with Crippen molar-refractivity contribution in [3.05, 3.63) is 35.1 Å². The molecule has 0 spiro atoms. The van der Waals surface area contributed by atoms with Gasteiger partial charge in [-0.25, -0.2) is 4.39 Å². The third-order valence-electron chi connectivity index (χ3n) is 5.13. The molecule has 1 atom stereocenters. The Morgan fingerprint density at radius 3 is 2.43 bits per heavy atom. The van der Waals surface area contributed by atoms with E-state index < -0.39 is 0 Å². The summed E-state index contributed by atoms with van der Waals surface area (Å²) in [7, 11) is 0. The third kappa shape index (κ3) is 2.98. The Hall–Kier alpha value is -0.970. The van der Waals surface area contributed by atoms with Crippen LogP contribution in [0.2, 0.25) is 0 Å². The van der Waals surface area contributed by atoms with E-state index in [0.29, 0.717) is 5.56 Å². The van der Waals surface area contributed by atoms with Crippen LogP contribution in [0, 0.1) is 12.7 Å². The molecule has 1 aromatic rings. The molecule has 0 amide bonds. The lowest BCUT2D eigenvalue weighted by atomic mass is 9.79. The van der Waals surface area contributed by atoms with Crippen molar-refractivity contribution in [2.75, 3.05) is 13.1 Å². The van der Waals surface area contributed by atoms with Crippen molar-refractivity contribution in [1.82, 2.24) is 10.3 Å². The zero-order valence-electron chi connectivity index (χ0n) is 13.5. The average Bonchev–Trinajstić information content (AvgIpc) is 3.02. The van der Waals surface area contributed by atoms with Crippen LogP contribution in [0.3, 0.4) is 0 Å². The van der Waals surface area contributed by atoms with Crippen molar-refractivity contribution < 1.29 is 4.39 Å². The molecule has 4 heteroatoms. The lowest BCUT2D eigenvalue weighted by Gasteiger charge is -2.46. The van der Waals surface area contributed by atoms with Gasteiger partial charge in [0.25, 0.3) is 0 Å². The van der Waals surface area contributed by atoms with Crippen molar-refractivity contribution in [2.45, 2.75) is 58.0 Å². The quantitative estimate of drug-likeness (QED) is 0.624. The molecular weight excluding hydrogens is 265 g/mol. The molecule has 1 fully saturated rings. The summed E-state index contributed by atoms with van der Waals surface area (Å²) in [5.74, 6) is 5.71. The first kappa shape index (κ1) is 16.4. The Labute approximate surface area is 127 Å². The van der Waals surface area contributed by atoms with Gasteiger partial charge in [-0.3, -0.25) is 16.2 Å². The average molecular weight is 293 g/mol. The summed E-state index contributed by atoms with van der Waals surface area (Å²) >= 11 is 0. The Kier molecular flexibility index (Phi) is 5.36. The normalized spacial score (nSPS) is 18.1. The molecule has 0 aromatic heterocycles. The van der Waals surface area contributed by atoms with Crippen LogP contribution in [0.1, 0.15) is 56.7 Å². The van der Waals surface area contributed by atoms with E-state index in [1.165, 1.54) is 12.8 Å². The molecule has 2 rings (SSSR count). The number of hydrogen-bond acceptors (Lipinski definition) is 3. The predicted octanol–water partition coefficient (Wildman–Crippen LogP) is 3.29. The molecular formula is C17H28FN3. The number of halogens is 1. The van der Waals surface area contributed by atoms with Crippen LogP contribution in [0.4, 0.5) is 4.39 Å². The van der Waals surface area contributed by atoms with Crippen LogP contribution in [0.25, 0.3) is 0 Å². The van der Waals surface area contributed by atoms with Crippen molar-refractivity contribution in [3.8, 4) is 0 Å². The first-order valence-electron chi connectivity index (χ1n) is 8.06. The molecule has 1 unspecified atom stereocenters. The van der Waals surface area contributed by atoms with Gasteiger partial charge in [-0.05, 0) is 51.8 Å². The van der Waals surface area contributed by atoms with E-state index in [4.69, 9.17) is 5.84 Å². The highest BCUT2D eigenvalue weighted by molar-refractivity contribution is 5.30. The van der Waals surface area contributed by atoms with Crippen LogP contribution in [-0.4, -0.2) is 23.5 Å². The van der Waals surface area contributed by atoms with E-state index in [9.17, 15) is 4.39 Å². The van der Waals surface area contributed by atoms with Crippen LogP contribution in [0.5, 0.6) is 0 Å². The van der Waals surface area contributed by atoms with Crippen LogP contribution < -0.4 is 11.3 Å². The zero-order valence-corrected chi connectivity index (χ0v) is 13.5. The molecule has 1 heterocycles. The number of aryl methyl sites for hydroxylation is 1. The van der Waals surface area contributed by atoms with E-state index in [-0.39, 0.29) is 17.4 Å². The van der Waals surface area contributed by atoms with E-state index in [0.717, 1.165) is 31.5 Å². The maximum absolute atomic E-state index is 14.4. The maximum atomic E-state index is 14.4. The highest BCUT2D eigenvalue weighted by atomic mass is 19.1. The predicted molar refractivity (Wildman–Crippen MR) is 85.3 cm³/mol. The van der Waals surface area contributed by atoms with Gasteiger partial charge < -0.3 is 0 Å². The molecule has 1 aliphatic heterocycles. The van der Waals surface area contributed by atoms with E-state index in [1.807, 2.05) is 19.1 Å². The summed E-state index contributed by atoms with van der Waals surface area (Å²) in [6.07, 6.45) is 4.34. The minimum absolute atomic E-state index is 0.125. The van der Waals surface area contributed by atoms with Gasteiger partial charge in [-0.1, -0.05) is 31.5 Å². The fourth-order valence-electron chi connectivity index (χ4n) is 3.87. The molecule has 1 aromatic carbocycles. The molecule has 0 aliphatic carbocycles. The molecule has 1 saturated heterocycles. The molecule has 21 heavy (non-hydrogen) atoms. The van der Waals surface area contributed by atoms with E-state index >= 15 is 0 Å². The fraction of sp³-hybridized carbons (Fsp3) is 0.647. The number of hydrogen-bond donors (Lipinski definition) is 2. The molecule has 0 saturated carbocycles. The minimum atomic E-state index is -0.189. The number of nitrogens with one attached hydrogen (secondary N) is 1. The Balaban J connectivity index is 2.46. The fourth-order valence-corrected chi connectivity index (χ4v) is 3.87. The smallest absolute Gasteiger partial charge is 0.128 e. The van der Waals surface area contributed by atoms with Gasteiger partial charge in [0, 0.05) is 11.1 Å². The van der Waals surface area contributed by atoms with Crippen LogP contribution >= 0.6 is 0 Å². The van der Waals surface area contributed by atoms with Crippen LogP contribution in [0.15, 0.2) is 18.2 Å². The number of nitrogens with two attached hydrogens (primary N) is 1. The Bertz CT molecular complexity index is 465. The SMILES string of the molecule is CCC(CC)(C(NN)c1cc(C)ccc1F)N1CCCC1. The second kappa shape index (κ2) is 6.86. The maximum Gasteiger partial charge on any atom is 0.128 e. The number of benzene rings is 1. The largest absolute Gasteiger partial charge is 0.296 e. The molecule has 1 aliphatic rings. The number of hydrazine groups is 1. The summed E-state index contributed by atoms with van der Waals surface area (Å²) in [5.41, 5.74) is 4.55. The zero-order chi connectivity index (χ0) is 15.5. The molecule has 3 N–H and O–H groups in total. The van der Waals surface area contributed by atoms with Gasteiger partial charge in [-0.2, -0.15) is 0 Å². The number of rotatable bonds is 6. The monoisotopic (exact) mass is 293 g/mol. The summed E-state index contributed by atoms with van der Waals surface area (Å²) in [6, 6.07) is 5.10. The highest BCUT2D eigenvalue weighted by Crippen LogP contribution is 2.40. The standard InChI is InChI=1S/C17H28FN3/c1-4-17(5-2,21-10-6-7-11-21)16(20-19)14-12-13(3)8-9-15(14)18/h8-9,12,16,20H,4-7,10-11,19H2,1-3H3. The highest BCUT2D eigenvalue weighted by Gasteiger charge is 2.43. The molecule has 0 bridgehead atoms. The van der Waals surface area contributed by atoms with Crippen LogP contribution in [-0.2, 0) is 0 Å². The van der Waals surface area contributed by atoms with Gasteiger partial charge in [0.05, 0.1) is 6.04 Å². The van der Waals surface area contributed by atoms with Gasteiger partial charge in [0.15, 0.2) is 0 Å². The molecule has 118 valence electrons. The van der Waals surface area contributed by atoms with Crippen molar-refractivity contribution >= 4 is 0 Å². The van der Waals surface area contributed by atoms with E-state index in [2.05, 4.69) is 24.2 Å². The third-order valence-corrected chi connectivity index (χ3v) is 5.13. The summed E-state index contributed by atoms with van der Waals surface area (Å²) in [5, 5.41) is 0. The summed E-state index contributed by atoms with van der Waals surface area (Å²) in [4.78, 5) is 2.50. The number of nitrogens with zero attached hydrogens (tertiary/aromatic N) is 1. The second-order valence-corrected chi connectivity index (χ2v) is 6.13.